The average molecular weight is 254 g/mol. The van der Waals surface area contributed by atoms with Gasteiger partial charge in [0.1, 0.15) is 5.76 Å². The minimum Gasteiger partial charge on any atom is -0.469 e. The highest BCUT2D eigenvalue weighted by atomic mass is 16.7. The van der Waals surface area contributed by atoms with Crippen LogP contribution in [0.4, 0.5) is 4.79 Å². The summed E-state index contributed by atoms with van der Waals surface area (Å²) < 4.78 is 10.4. The summed E-state index contributed by atoms with van der Waals surface area (Å²) in [6.07, 6.45) is 3.26. The Kier molecular flexibility index (Phi) is 5.04. The lowest BCUT2D eigenvalue weighted by Crippen LogP contribution is -2.46. The van der Waals surface area contributed by atoms with Gasteiger partial charge >= 0.3 is 6.03 Å². The number of amides is 2. The van der Waals surface area contributed by atoms with Crippen molar-refractivity contribution in [2.75, 3.05) is 32.9 Å². The molecule has 1 N–H and O–H groups in total. The van der Waals surface area contributed by atoms with Gasteiger partial charge in [0.05, 0.1) is 26.1 Å². The van der Waals surface area contributed by atoms with Gasteiger partial charge in [0.15, 0.2) is 0 Å². The largest absolute Gasteiger partial charge is 0.469 e. The second-order valence-electron chi connectivity index (χ2n) is 4.04. The summed E-state index contributed by atoms with van der Waals surface area (Å²) in [6, 6.07) is 3.58. The van der Waals surface area contributed by atoms with Gasteiger partial charge in [-0.1, -0.05) is 0 Å². The number of carbonyl (C=O) groups excluding carboxylic acids is 1. The first-order valence-corrected chi connectivity index (χ1v) is 6.13. The number of rotatable bonds is 5. The molecule has 0 saturated carbocycles. The van der Waals surface area contributed by atoms with Gasteiger partial charge in [-0.25, -0.2) is 10.3 Å². The van der Waals surface area contributed by atoms with E-state index in [0.29, 0.717) is 32.9 Å². The van der Waals surface area contributed by atoms with Crippen molar-refractivity contribution in [3.05, 3.63) is 24.2 Å². The molecule has 6 nitrogen and oxygen atoms in total. The summed E-state index contributed by atoms with van der Waals surface area (Å²) in [5.41, 5.74) is 2.43. The molecule has 2 amide bonds. The first-order valence-electron chi connectivity index (χ1n) is 6.13. The van der Waals surface area contributed by atoms with E-state index in [0.717, 1.165) is 18.6 Å². The molecule has 2 heterocycles. The maximum absolute atomic E-state index is 11.6. The van der Waals surface area contributed by atoms with Crippen molar-refractivity contribution in [3.8, 4) is 0 Å². The fourth-order valence-electron chi connectivity index (χ4n) is 1.72. The molecule has 1 aromatic rings. The van der Waals surface area contributed by atoms with Crippen molar-refractivity contribution in [1.82, 2.24) is 10.4 Å². The van der Waals surface area contributed by atoms with Gasteiger partial charge < -0.3 is 14.1 Å². The zero-order chi connectivity index (χ0) is 12.6. The minimum absolute atomic E-state index is 0.198. The maximum Gasteiger partial charge on any atom is 0.341 e. The number of hydrogen-bond acceptors (Lipinski definition) is 4. The number of urea groups is 1. The number of nitrogens with one attached hydrogen (secondary N) is 1. The number of aryl methyl sites for hydroxylation is 1. The van der Waals surface area contributed by atoms with Gasteiger partial charge in [0.25, 0.3) is 0 Å². The molecular weight excluding hydrogens is 236 g/mol. The van der Waals surface area contributed by atoms with E-state index in [1.54, 1.807) is 11.2 Å². The lowest BCUT2D eigenvalue weighted by atomic mass is 10.3. The SMILES string of the molecule is O=C(NOCCCc1ccco1)N1CCOCC1. The Morgan fingerprint density at radius 2 is 2.28 bits per heavy atom. The van der Waals surface area contributed by atoms with E-state index in [1.807, 2.05) is 12.1 Å². The van der Waals surface area contributed by atoms with Gasteiger partial charge in [0.2, 0.25) is 0 Å². The molecule has 0 unspecified atom stereocenters. The van der Waals surface area contributed by atoms with Crippen LogP contribution in [0.15, 0.2) is 22.8 Å². The predicted octanol–water partition coefficient (Wildman–Crippen LogP) is 1.19. The third-order valence-electron chi connectivity index (χ3n) is 2.71. The van der Waals surface area contributed by atoms with E-state index in [2.05, 4.69) is 5.48 Å². The zero-order valence-corrected chi connectivity index (χ0v) is 10.3. The molecule has 6 heteroatoms. The summed E-state index contributed by atoms with van der Waals surface area (Å²) in [7, 11) is 0. The van der Waals surface area contributed by atoms with Crippen LogP contribution in [0, 0.1) is 0 Å². The minimum atomic E-state index is -0.198. The van der Waals surface area contributed by atoms with Crippen LogP contribution in [0.5, 0.6) is 0 Å². The molecule has 0 spiro atoms. The van der Waals surface area contributed by atoms with Crippen molar-refractivity contribution in [2.24, 2.45) is 0 Å². The summed E-state index contributed by atoms with van der Waals surface area (Å²) in [4.78, 5) is 18.4. The van der Waals surface area contributed by atoms with Crippen LogP contribution in [-0.4, -0.2) is 43.8 Å². The molecule has 2 rings (SSSR count). The van der Waals surface area contributed by atoms with Crippen LogP contribution in [0.25, 0.3) is 0 Å². The van der Waals surface area contributed by atoms with E-state index in [9.17, 15) is 4.79 Å². The summed E-state index contributed by atoms with van der Waals surface area (Å²) in [5.74, 6) is 0.929. The predicted molar refractivity (Wildman–Crippen MR) is 63.9 cm³/mol. The molecule has 0 atom stereocenters. The number of ether oxygens (including phenoxy) is 1. The molecular formula is C12H18N2O4. The fraction of sp³-hybridized carbons (Fsp3) is 0.583. The molecule has 1 aliphatic rings. The number of nitrogens with zero attached hydrogens (tertiary/aromatic N) is 1. The van der Waals surface area contributed by atoms with Crippen LogP contribution in [0.2, 0.25) is 0 Å². The third-order valence-corrected chi connectivity index (χ3v) is 2.71. The Labute approximate surface area is 106 Å². The van der Waals surface area contributed by atoms with Crippen LogP contribution < -0.4 is 5.48 Å². The molecule has 1 fully saturated rings. The molecule has 0 aliphatic carbocycles. The van der Waals surface area contributed by atoms with Crippen LogP contribution in [0.3, 0.4) is 0 Å². The topological polar surface area (TPSA) is 63.9 Å². The lowest BCUT2D eigenvalue weighted by molar-refractivity contribution is 0.0180. The second kappa shape index (κ2) is 7.03. The third kappa shape index (κ3) is 4.05. The highest BCUT2D eigenvalue weighted by Crippen LogP contribution is 2.03. The van der Waals surface area contributed by atoms with E-state index in [4.69, 9.17) is 14.0 Å². The Morgan fingerprint density at radius 1 is 1.44 bits per heavy atom. The number of hydrogen-bond donors (Lipinski definition) is 1. The molecule has 1 aromatic heterocycles. The van der Waals surface area contributed by atoms with Crippen molar-refractivity contribution in [3.63, 3.8) is 0 Å². The van der Waals surface area contributed by atoms with E-state index in [1.165, 1.54) is 0 Å². The lowest BCUT2D eigenvalue weighted by Gasteiger charge is -2.26. The second-order valence-corrected chi connectivity index (χ2v) is 4.04. The van der Waals surface area contributed by atoms with Crippen molar-refractivity contribution in [2.45, 2.75) is 12.8 Å². The van der Waals surface area contributed by atoms with Gasteiger partial charge in [-0.3, -0.25) is 4.84 Å². The molecule has 100 valence electrons. The Hall–Kier alpha value is -1.53. The number of hydroxylamine groups is 1. The number of morpholine rings is 1. The van der Waals surface area contributed by atoms with Gasteiger partial charge in [-0.15, -0.1) is 0 Å². The van der Waals surface area contributed by atoms with Crippen LogP contribution in [0.1, 0.15) is 12.2 Å². The van der Waals surface area contributed by atoms with Crippen molar-refractivity contribution in [1.29, 1.82) is 0 Å². The molecule has 1 saturated heterocycles. The number of carbonyl (C=O) groups is 1. The summed E-state index contributed by atoms with van der Waals surface area (Å²) >= 11 is 0. The summed E-state index contributed by atoms with van der Waals surface area (Å²) in [6.45, 7) is 2.87. The maximum atomic E-state index is 11.6. The summed E-state index contributed by atoms with van der Waals surface area (Å²) in [5, 5.41) is 0. The number of furan rings is 1. The highest BCUT2D eigenvalue weighted by Gasteiger charge is 2.16. The molecule has 0 aromatic carbocycles. The average Bonchev–Trinajstić information content (AvgIpc) is 2.92. The van der Waals surface area contributed by atoms with Gasteiger partial charge in [-0.2, -0.15) is 0 Å². The monoisotopic (exact) mass is 254 g/mol. The standard InChI is InChI=1S/C12H18N2O4/c15-12(14-5-9-16-10-6-14)13-18-8-2-4-11-3-1-7-17-11/h1,3,7H,2,4-6,8-10H2,(H,13,15). The van der Waals surface area contributed by atoms with E-state index >= 15 is 0 Å². The zero-order valence-electron chi connectivity index (χ0n) is 10.3. The Balaban J connectivity index is 1.53. The Bertz CT molecular complexity index is 347. The van der Waals surface area contributed by atoms with Crippen molar-refractivity contribution < 1.29 is 18.8 Å². The normalized spacial score (nSPS) is 15.7. The first kappa shape index (κ1) is 12.9. The molecule has 18 heavy (non-hydrogen) atoms. The van der Waals surface area contributed by atoms with Crippen LogP contribution in [-0.2, 0) is 16.0 Å². The molecule has 1 aliphatic heterocycles. The van der Waals surface area contributed by atoms with Gasteiger partial charge in [-0.05, 0) is 18.6 Å². The van der Waals surface area contributed by atoms with E-state index < -0.39 is 0 Å². The highest BCUT2D eigenvalue weighted by molar-refractivity contribution is 5.73. The van der Waals surface area contributed by atoms with Crippen molar-refractivity contribution >= 4 is 6.03 Å². The fourth-order valence-corrected chi connectivity index (χ4v) is 1.72. The van der Waals surface area contributed by atoms with Crippen LogP contribution >= 0.6 is 0 Å². The van der Waals surface area contributed by atoms with E-state index in [-0.39, 0.29) is 6.03 Å². The Morgan fingerprint density at radius 3 is 3.00 bits per heavy atom. The quantitative estimate of drug-likeness (QED) is 0.633. The van der Waals surface area contributed by atoms with Gasteiger partial charge in [0, 0.05) is 19.5 Å². The molecule has 0 bridgehead atoms. The molecule has 0 radical (unpaired) electrons. The smallest absolute Gasteiger partial charge is 0.341 e. The first-order chi connectivity index (χ1) is 8.86.